The van der Waals surface area contributed by atoms with Crippen LogP contribution in [0, 0.1) is 0 Å². The maximum atomic E-state index is 11.0. The van der Waals surface area contributed by atoms with Crippen LogP contribution in [0.5, 0.6) is 0 Å². The zero-order valence-electron chi connectivity index (χ0n) is 15.8. The number of carboxylic acid groups (broad SMARTS) is 1. The van der Waals surface area contributed by atoms with Crippen LogP contribution in [0.3, 0.4) is 0 Å². The van der Waals surface area contributed by atoms with Crippen molar-refractivity contribution in [1.29, 1.82) is 0 Å². The second kappa shape index (κ2) is 14.3. The monoisotopic (exact) mass is 349 g/mol. The summed E-state index contributed by atoms with van der Waals surface area (Å²) in [7, 11) is 0. The Morgan fingerprint density at radius 1 is 1.12 bits per heavy atom. The van der Waals surface area contributed by atoms with Gasteiger partial charge in [-0.3, -0.25) is 4.48 Å². The predicted octanol–water partition coefficient (Wildman–Crippen LogP) is -1.12. The molecule has 0 fully saturated rings. The molecule has 0 saturated heterocycles. The van der Waals surface area contributed by atoms with E-state index in [1.165, 1.54) is 51.4 Å². The molecule has 0 radical (unpaired) electrons. The van der Waals surface area contributed by atoms with Crippen LogP contribution in [0.2, 0.25) is 0 Å². The van der Waals surface area contributed by atoms with Gasteiger partial charge in [-0.1, -0.05) is 58.3 Å². The van der Waals surface area contributed by atoms with E-state index in [0.717, 1.165) is 18.7 Å². The molecule has 0 bridgehead atoms. The standard InChI is InChI=1S/C18H34N2O3.Na/c1-2-3-4-5-6-7-8-9-10-11-17-19-12-13-20(17,14-15-21)16-18(22)23;/h21H,2-16H2,1H3;/q;+1. The van der Waals surface area contributed by atoms with Crippen LogP contribution in [0.1, 0.15) is 71.1 Å². The normalized spacial score (nSPS) is 19.8. The van der Waals surface area contributed by atoms with E-state index in [9.17, 15) is 15.0 Å². The van der Waals surface area contributed by atoms with Gasteiger partial charge in [-0.25, -0.2) is 4.99 Å². The minimum Gasteiger partial charge on any atom is -0.544 e. The first-order chi connectivity index (χ1) is 11.1. The number of hydrogen-bond acceptors (Lipinski definition) is 4. The Bertz CT molecular complexity index is 377. The number of nitrogens with zero attached hydrogens (tertiary/aromatic N) is 2. The smallest absolute Gasteiger partial charge is 0.544 e. The molecule has 6 heteroatoms. The number of rotatable bonds is 14. The molecule has 1 aliphatic heterocycles. The minimum atomic E-state index is -1.06. The number of carboxylic acids is 1. The molecule has 1 rings (SSSR count). The van der Waals surface area contributed by atoms with E-state index in [4.69, 9.17) is 0 Å². The van der Waals surface area contributed by atoms with Crippen molar-refractivity contribution in [2.75, 3.05) is 32.8 Å². The van der Waals surface area contributed by atoms with Gasteiger partial charge in [0.1, 0.15) is 19.6 Å². The topological polar surface area (TPSA) is 72.7 Å². The minimum absolute atomic E-state index is 0. The zero-order valence-corrected chi connectivity index (χ0v) is 17.8. The van der Waals surface area contributed by atoms with Crippen LogP contribution < -0.4 is 34.7 Å². The summed E-state index contributed by atoms with van der Waals surface area (Å²) >= 11 is 0. The third kappa shape index (κ3) is 8.95. The Hall–Kier alpha value is 0.0600. The number of hydrogen-bond donors (Lipinski definition) is 1. The molecule has 0 aromatic heterocycles. The number of aliphatic imine (C=N–C) groups is 1. The number of aliphatic hydroxyl groups excluding tert-OH is 1. The van der Waals surface area contributed by atoms with Crippen molar-refractivity contribution in [2.24, 2.45) is 4.99 Å². The number of amidine groups is 1. The van der Waals surface area contributed by atoms with E-state index in [-0.39, 0.29) is 42.7 Å². The van der Waals surface area contributed by atoms with Crippen LogP contribution in [0.15, 0.2) is 4.99 Å². The van der Waals surface area contributed by atoms with E-state index in [2.05, 4.69) is 11.9 Å². The second-order valence-electron chi connectivity index (χ2n) is 6.72. The third-order valence-corrected chi connectivity index (χ3v) is 4.83. The Labute approximate surface area is 169 Å². The number of aliphatic carboxylic acids is 1. The fourth-order valence-electron chi connectivity index (χ4n) is 3.49. The maximum absolute atomic E-state index is 11.0. The molecule has 0 spiro atoms. The number of unbranched alkanes of at least 4 members (excludes halogenated alkanes) is 8. The SMILES string of the molecule is CCCCCCCCCCCC1=NCC[N+]1(CCO)CC(=O)[O-].[Na+]. The van der Waals surface area contributed by atoms with Crippen molar-refractivity contribution >= 4 is 11.8 Å². The van der Waals surface area contributed by atoms with E-state index >= 15 is 0 Å². The molecule has 5 nitrogen and oxygen atoms in total. The molecular weight excluding hydrogens is 315 g/mol. The summed E-state index contributed by atoms with van der Waals surface area (Å²) in [6, 6.07) is 0. The molecule has 0 aliphatic carbocycles. The number of aliphatic hydroxyl groups is 1. The van der Waals surface area contributed by atoms with Crippen LogP contribution in [-0.4, -0.2) is 54.2 Å². The first-order valence-corrected chi connectivity index (χ1v) is 9.35. The summed E-state index contributed by atoms with van der Waals surface area (Å²) in [6.45, 7) is 3.95. The van der Waals surface area contributed by atoms with Gasteiger partial charge >= 0.3 is 29.6 Å². The molecule has 0 saturated carbocycles. The molecule has 1 atom stereocenters. The van der Waals surface area contributed by atoms with Crippen molar-refractivity contribution < 1.29 is 49.0 Å². The van der Waals surface area contributed by atoms with Crippen molar-refractivity contribution in [3.63, 3.8) is 0 Å². The quantitative estimate of drug-likeness (QED) is 0.245. The molecule has 1 N–H and O–H groups in total. The van der Waals surface area contributed by atoms with E-state index in [1.54, 1.807) is 0 Å². The summed E-state index contributed by atoms with van der Waals surface area (Å²) in [5.41, 5.74) is 0. The molecular formula is C18H34N2NaO3+. The molecule has 1 heterocycles. The Kier molecular flexibility index (Phi) is 14.3. The average Bonchev–Trinajstić information content (AvgIpc) is 2.87. The first-order valence-electron chi connectivity index (χ1n) is 9.35. The largest absolute Gasteiger partial charge is 1.00 e. The van der Waals surface area contributed by atoms with Gasteiger partial charge < -0.3 is 15.0 Å². The maximum Gasteiger partial charge on any atom is 1.00 e. The molecule has 0 aromatic carbocycles. The number of carbonyl (C=O) groups is 1. The number of quaternary nitrogens is 1. The first kappa shape index (κ1) is 24.1. The van der Waals surface area contributed by atoms with E-state index < -0.39 is 5.97 Å². The molecule has 1 unspecified atom stereocenters. The van der Waals surface area contributed by atoms with Crippen LogP contribution in [0.4, 0.5) is 0 Å². The second-order valence-corrected chi connectivity index (χ2v) is 6.72. The van der Waals surface area contributed by atoms with Gasteiger partial charge in [-0.05, 0) is 6.42 Å². The van der Waals surface area contributed by atoms with Crippen molar-refractivity contribution in [3.8, 4) is 0 Å². The van der Waals surface area contributed by atoms with Gasteiger partial charge in [0, 0.05) is 6.42 Å². The van der Waals surface area contributed by atoms with Gasteiger partial charge in [0.2, 0.25) is 0 Å². The van der Waals surface area contributed by atoms with E-state index in [0.29, 0.717) is 24.1 Å². The molecule has 24 heavy (non-hydrogen) atoms. The molecule has 0 amide bonds. The average molecular weight is 349 g/mol. The van der Waals surface area contributed by atoms with Crippen LogP contribution in [0.25, 0.3) is 0 Å². The zero-order chi connectivity index (χ0) is 17.0. The van der Waals surface area contributed by atoms with Gasteiger partial charge in [0.05, 0.1) is 19.1 Å². The summed E-state index contributed by atoms with van der Waals surface area (Å²) in [5, 5.41) is 20.3. The Morgan fingerprint density at radius 3 is 2.25 bits per heavy atom. The molecule has 134 valence electrons. The van der Waals surface area contributed by atoms with Crippen molar-refractivity contribution in [3.05, 3.63) is 0 Å². The summed E-state index contributed by atoms with van der Waals surface area (Å²) in [5.74, 6) is -0.105. The molecule has 0 aromatic rings. The van der Waals surface area contributed by atoms with Gasteiger partial charge in [0.25, 0.3) is 0 Å². The van der Waals surface area contributed by atoms with E-state index in [1.807, 2.05) is 0 Å². The van der Waals surface area contributed by atoms with Gasteiger partial charge in [-0.15, -0.1) is 0 Å². The summed E-state index contributed by atoms with van der Waals surface area (Å²) < 4.78 is 0.301. The fourth-order valence-corrected chi connectivity index (χ4v) is 3.49. The Morgan fingerprint density at radius 2 is 1.71 bits per heavy atom. The van der Waals surface area contributed by atoms with Gasteiger partial charge in [-0.2, -0.15) is 0 Å². The number of carbonyl (C=O) groups excluding carboxylic acids is 1. The van der Waals surface area contributed by atoms with Gasteiger partial charge in [0.15, 0.2) is 5.84 Å². The third-order valence-electron chi connectivity index (χ3n) is 4.83. The summed E-state index contributed by atoms with van der Waals surface area (Å²) in [4.78, 5) is 15.6. The van der Waals surface area contributed by atoms with Crippen LogP contribution in [-0.2, 0) is 4.79 Å². The molecule has 1 aliphatic rings. The van der Waals surface area contributed by atoms with Crippen LogP contribution >= 0.6 is 0 Å². The summed E-state index contributed by atoms with van der Waals surface area (Å²) in [6.07, 6.45) is 12.3. The van der Waals surface area contributed by atoms with Crippen molar-refractivity contribution in [1.82, 2.24) is 0 Å². The van der Waals surface area contributed by atoms with Crippen molar-refractivity contribution in [2.45, 2.75) is 71.1 Å². The fraction of sp³-hybridized carbons (Fsp3) is 0.889. The Balaban J connectivity index is 0.00000529. The predicted molar refractivity (Wildman–Crippen MR) is 91.1 cm³/mol.